The Morgan fingerprint density at radius 1 is 0.941 bits per heavy atom. The molecule has 0 radical (unpaired) electrons. The number of benzene rings is 3. The van der Waals surface area contributed by atoms with Gasteiger partial charge < -0.3 is 9.64 Å². The molecule has 1 fully saturated rings. The third-order valence-electron chi connectivity index (χ3n) is 6.55. The number of fused-ring (bicyclic) bond motifs is 3. The predicted molar refractivity (Wildman–Crippen MR) is 135 cm³/mol. The van der Waals surface area contributed by atoms with Crippen LogP contribution in [0.25, 0.3) is 28.1 Å². The number of hydrogen-bond donors (Lipinski definition) is 0. The van der Waals surface area contributed by atoms with E-state index in [0.717, 1.165) is 33.8 Å². The fourth-order valence-corrected chi connectivity index (χ4v) is 5.85. The van der Waals surface area contributed by atoms with Gasteiger partial charge in [0.25, 0.3) is 5.91 Å². The Balaban J connectivity index is 1.52. The summed E-state index contributed by atoms with van der Waals surface area (Å²) in [5, 5.41) is 4.96. The van der Waals surface area contributed by atoms with Gasteiger partial charge >= 0.3 is 0 Å². The molecule has 6 heteroatoms. The number of hydrogen-bond acceptors (Lipinski definition) is 4. The van der Waals surface area contributed by atoms with Crippen molar-refractivity contribution in [1.29, 1.82) is 0 Å². The highest BCUT2D eigenvalue weighted by Crippen LogP contribution is 2.44. The molecule has 0 saturated carbocycles. The molecule has 0 unspecified atom stereocenters. The first-order chi connectivity index (χ1) is 16.7. The summed E-state index contributed by atoms with van der Waals surface area (Å²) in [5.41, 5.74) is 8.25. The molecule has 3 aromatic carbocycles. The van der Waals surface area contributed by atoms with Crippen LogP contribution in [0.2, 0.25) is 0 Å². The lowest BCUT2D eigenvalue weighted by Crippen LogP contribution is -2.41. The number of amides is 1. The summed E-state index contributed by atoms with van der Waals surface area (Å²) >= 11 is 1.77. The smallest absolute Gasteiger partial charge is 0.274 e. The molecule has 1 aromatic heterocycles. The van der Waals surface area contributed by atoms with Crippen molar-refractivity contribution in [3.8, 4) is 28.1 Å². The second kappa shape index (κ2) is 8.78. The van der Waals surface area contributed by atoms with Gasteiger partial charge in [-0.2, -0.15) is 5.10 Å². The molecular formula is C28H25N3O2S. The molecule has 34 heavy (non-hydrogen) atoms. The van der Waals surface area contributed by atoms with Gasteiger partial charge in [-0.3, -0.25) is 4.79 Å². The van der Waals surface area contributed by atoms with Gasteiger partial charge in [-0.1, -0.05) is 54.6 Å². The van der Waals surface area contributed by atoms with Crippen molar-refractivity contribution in [3.63, 3.8) is 0 Å². The topological polar surface area (TPSA) is 47.4 Å². The fourth-order valence-electron chi connectivity index (χ4n) is 4.78. The molecule has 4 aromatic rings. The van der Waals surface area contributed by atoms with E-state index in [0.29, 0.717) is 32.0 Å². The summed E-state index contributed by atoms with van der Waals surface area (Å²) in [4.78, 5) is 16.6. The molecule has 1 saturated heterocycles. The number of morpholine rings is 1. The maximum Gasteiger partial charge on any atom is 0.274 e. The summed E-state index contributed by atoms with van der Waals surface area (Å²) in [6, 6.07) is 25.2. The highest BCUT2D eigenvalue weighted by molar-refractivity contribution is 7.98. The van der Waals surface area contributed by atoms with Gasteiger partial charge in [-0.15, -0.1) is 11.8 Å². The van der Waals surface area contributed by atoms with Crippen molar-refractivity contribution in [2.24, 2.45) is 0 Å². The summed E-state index contributed by atoms with van der Waals surface area (Å²) in [5.74, 6) is 0.725. The van der Waals surface area contributed by atoms with E-state index < -0.39 is 0 Å². The number of aromatic nitrogens is 2. The maximum atomic E-state index is 13.5. The van der Waals surface area contributed by atoms with Gasteiger partial charge in [0.2, 0.25) is 0 Å². The van der Waals surface area contributed by atoms with E-state index in [1.165, 1.54) is 16.0 Å². The van der Waals surface area contributed by atoms with E-state index in [4.69, 9.17) is 9.84 Å². The fraction of sp³-hybridized carbons (Fsp3) is 0.214. The van der Waals surface area contributed by atoms with Crippen molar-refractivity contribution in [3.05, 3.63) is 89.6 Å². The minimum absolute atomic E-state index is 0.00617. The van der Waals surface area contributed by atoms with Crippen LogP contribution in [0.5, 0.6) is 0 Å². The van der Waals surface area contributed by atoms with Crippen LogP contribution in [0.15, 0.2) is 77.7 Å². The lowest BCUT2D eigenvalue weighted by Gasteiger charge is -2.26. The Kier molecular flexibility index (Phi) is 5.47. The van der Waals surface area contributed by atoms with Crippen LogP contribution in [-0.4, -0.2) is 46.9 Å². The average Bonchev–Trinajstić information content (AvgIpc) is 3.29. The molecule has 0 aliphatic carbocycles. The predicted octanol–water partition coefficient (Wildman–Crippen LogP) is 5.59. The molecule has 1 amide bonds. The highest BCUT2D eigenvalue weighted by atomic mass is 32.2. The van der Waals surface area contributed by atoms with Crippen molar-refractivity contribution in [2.45, 2.75) is 17.6 Å². The Morgan fingerprint density at radius 2 is 1.71 bits per heavy atom. The first kappa shape index (κ1) is 21.2. The van der Waals surface area contributed by atoms with E-state index in [1.807, 2.05) is 9.58 Å². The molecule has 2 aliphatic heterocycles. The number of carbonyl (C=O) groups excluding carboxylic acids is 1. The van der Waals surface area contributed by atoms with Gasteiger partial charge in [0.05, 0.1) is 24.6 Å². The molecule has 0 N–H and O–H groups in total. The number of aryl methyl sites for hydroxylation is 1. The Hall–Kier alpha value is -3.35. The number of ether oxygens (including phenoxy) is 1. The lowest BCUT2D eigenvalue weighted by molar-refractivity contribution is 0.0298. The number of thioether (sulfide) groups is 1. The van der Waals surface area contributed by atoms with Crippen LogP contribution in [-0.2, 0) is 10.5 Å². The maximum absolute atomic E-state index is 13.5. The van der Waals surface area contributed by atoms with E-state index in [-0.39, 0.29) is 5.91 Å². The van der Waals surface area contributed by atoms with Crippen LogP contribution in [0.4, 0.5) is 0 Å². The lowest BCUT2D eigenvalue weighted by atomic mass is 10.00. The minimum atomic E-state index is -0.00617. The summed E-state index contributed by atoms with van der Waals surface area (Å²) in [7, 11) is 0. The van der Waals surface area contributed by atoms with E-state index >= 15 is 0 Å². The first-order valence-corrected chi connectivity index (χ1v) is 12.6. The minimum Gasteiger partial charge on any atom is -0.378 e. The van der Waals surface area contributed by atoms with Crippen molar-refractivity contribution in [2.75, 3.05) is 26.3 Å². The molecule has 170 valence electrons. The summed E-state index contributed by atoms with van der Waals surface area (Å²) in [6.07, 6.45) is 0. The molecule has 0 spiro atoms. The monoisotopic (exact) mass is 467 g/mol. The van der Waals surface area contributed by atoms with E-state index in [9.17, 15) is 4.79 Å². The molecule has 6 rings (SSSR count). The molecule has 5 nitrogen and oxygen atoms in total. The summed E-state index contributed by atoms with van der Waals surface area (Å²) in [6.45, 7) is 4.49. The second-order valence-electron chi connectivity index (χ2n) is 8.64. The van der Waals surface area contributed by atoms with Crippen LogP contribution in [0.1, 0.15) is 21.6 Å². The average molecular weight is 468 g/mol. The molecule has 0 atom stereocenters. The van der Waals surface area contributed by atoms with Gasteiger partial charge in [0.1, 0.15) is 0 Å². The Labute approximate surface area is 203 Å². The Bertz CT molecular complexity index is 1390. The van der Waals surface area contributed by atoms with Crippen LogP contribution in [0.3, 0.4) is 0 Å². The second-order valence-corrected chi connectivity index (χ2v) is 9.66. The number of carbonyl (C=O) groups is 1. The third-order valence-corrected chi connectivity index (χ3v) is 7.65. The molecule has 3 heterocycles. The highest BCUT2D eigenvalue weighted by Gasteiger charge is 2.31. The zero-order chi connectivity index (χ0) is 23.1. The normalized spacial score (nSPS) is 15.0. The van der Waals surface area contributed by atoms with Crippen LogP contribution < -0.4 is 0 Å². The largest absolute Gasteiger partial charge is 0.378 e. The molecule has 0 bridgehead atoms. The van der Waals surface area contributed by atoms with Crippen molar-refractivity contribution in [1.82, 2.24) is 14.7 Å². The van der Waals surface area contributed by atoms with Gasteiger partial charge in [0.15, 0.2) is 5.69 Å². The van der Waals surface area contributed by atoms with Crippen LogP contribution in [0, 0.1) is 6.92 Å². The van der Waals surface area contributed by atoms with E-state index in [2.05, 4.69) is 79.7 Å². The Morgan fingerprint density at radius 3 is 2.53 bits per heavy atom. The SMILES string of the molecule is Cc1ccccc1-c1cccc(-n2nc(C(=O)N3CCOCC3)c3c2-c2ccccc2SC3)c1. The van der Waals surface area contributed by atoms with Gasteiger partial charge in [-0.05, 0) is 41.8 Å². The molecular weight excluding hydrogens is 442 g/mol. The third kappa shape index (κ3) is 3.63. The first-order valence-electron chi connectivity index (χ1n) is 11.6. The number of rotatable bonds is 3. The van der Waals surface area contributed by atoms with Crippen molar-refractivity contribution < 1.29 is 9.53 Å². The zero-order valence-electron chi connectivity index (χ0n) is 19.0. The summed E-state index contributed by atoms with van der Waals surface area (Å²) < 4.78 is 7.44. The zero-order valence-corrected chi connectivity index (χ0v) is 19.8. The number of nitrogens with zero attached hydrogens (tertiary/aromatic N) is 3. The van der Waals surface area contributed by atoms with E-state index in [1.54, 1.807) is 11.8 Å². The standard InChI is InChI=1S/C28H25N3O2S/c1-19-7-2-3-10-22(19)20-8-6-9-21(17-20)31-27-23-11-4-5-12-25(23)34-18-24(27)26(29-31)28(32)30-13-15-33-16-14-30/h2-12,17H,13-16,18H2,1H3. The van der Waals surface area contributed by atoms with Gasteiger partial charge in [-0.25, -0.2) is 4.68 Å². The molecule has 2 aliphatic rings. The van der Waals surface area contributed by atoms with Gasteiger partial charge in [0, 0.05) is 34.9 Å². The van der Waals surface area contributed by atoms with Crippen molar-refractivity contribution >= 4 is 17.7 Å². The van der Waals surface area contributed by atoms with Crippen LogP contribution >= 0.6 is 11.8 Å². The quantitative estimate of drug-likeness (QED) is 0.394.